The first-order chi connectivity index (χ1) is 16.5. The van der Waals surface area contributed by atoms with E-state index in [2.05, 4.69) is 34.6 Å². The zero-order valence-electron chi connectivity index (χ0n) is 21.8. The molecule has 1 atom stereocenters. The summed E-state index contributed by atoms with van der Waals surface area (Å²) in [4.78, 5) is 27.7. The highest BCUT2D eigenvalue weighted by atomic mass is 16.5. The van der Waals surface area contributed by atoms with E-state index in [4.69, 9.17) is 9.47 Å². The third-order valence-electron chi connectivity index (χ3n) is 6.21. The van der Waals surface area contributed by atoms with Gasteiger partial charge in [0.2, 0.25) is 0 Å². The molecule has 2 aromatic carbocycles. The molecule has 0 spiro atoms. The van der Waals surface area contributed by atoms with Crippen molar-refractivity contribution in [1.82, 2.24) is 4.90 Å². The van der Waals surface area contributed by atoms with Crippen LogP contribution < -0.4 is 4.74 Å². The van der Waals surface area contributed by atoms with Crippen LogP contribution in [0.5, 0.6) is 5.75 Å². The number of hydrogen-bond donors (Lipinski definition) is 1. The zero-order chi connectivity index (χ0) is 25.9. The number of hydrogen-bond acceptors (Lipinski definition) is 5. The Balaban J connectivity index is 2.09. The Kier molecular flexibility index (Phi) is 8.06. The smallest absolute Gasteiger partial charge is 0.295 e. The second-order valence-electron chi connectivity index (χ2n) is 10.5. The molecule has 2 aromatic rings. The van der Waals surface area contributed by atoms with Crippen LogP contribution in [0.25, 0.3) is 5.76 Å². The number of nitrogens with zero attached hydrogens (tertiary/aromatic N) is 1. The van der Waals surface area contributed by atoms with Gasteiger partial charge in [0.05, 0.1) is 24.8 Å². The van der Waals surface area contributed by atoms with Crippen LogP contribution in [-0.2, 0) is 19.7 Å². The molecular formula is C29H37NO5. The van der Waals surface area contributed by atoms with Crippen molar-refractivity contribution >= 4 is 17.4 Å². The highest BCUT2D eigenvalue weighted by Crippen LogP contribution is 2.40. The van der Waals surface area contributed by atoms with E-state index in [1.165, 1.54) is 4.90 Å². The van der Waals surface area contributed by atoms with Gasteiger partial charge in [-0.2, -0.15) is 0 Å². The van der Waals surface area contributed by atoms with Crippen molar-refractivity contribution in [3.05, 3.63) is 70.3 Å². The molecule has 1 heterocycles. The number of rotatable bonds is 8. The second kappa shape index (κ2) is 10.6. The lowest BCUT2D eigenvalue weighted by molar-refractivity contribution is -0.140. The number of benzene rings is 2. The van der Waals surface area contributed by atoms with Gasteiger partial charge in [0.15, 0.2) is 0 Å². The first-order valence-electron chi connectivity index (χ1n) is 12.1. The molecule has 0 bridgehead atoms. The van der Waals surface area contributed by atoms with Crippen LogP contribution in [0.1, 0.15) is 62.9 Å². The summed E-state index contributed by atoms with van der Waals surface area (Å²) >= 11 is 0. The highest BCUT2D eigenvalue weighted by molar-refractivity contribution is 6.46. The number of likely N-dealkylation sites (tertiary alicyclic amines) is 1. The van der Waals surface area contributed by atoms with Gasteiger partial charge >= 0.3 is 0 Å². The Hall–Kier alpha value is -3.12. The molecule has 1 fully saturated rings. The summed E-state index contributed by atoms with van der Waals surface area (Å²) < 4.78 is 11.0. The highest BCUT2D eigenvalue weighted by Gasteiger charge is 2.46. The van der Waals surface area contributed by atoms with E-state index in [-0.39, 0.29) is 29.9 Å². The normalized spacial score (nSPS) is 17.9. The van der Waals surface area contributed by atoms with Gasteiger partial charge in [-0.1, -0.05) is 58.9 Å². The van der Waals surface area contributed by atoms with Crippen LogP contribution in [0.3, 0.4) is 0 Å². The summed E-state index contributed by atoms with van der Waals surface area (Å²) in [6, 6.07) is 12.5. The topological polar surface area (TPSA) is 76.1 Å². The largest absolute Gasteiger partial charge is 0.507 e. The van der Waals surface area contributed by atoms with Crippen molar-refractivity contribution in [3.8, 4) is 5.75 Å². The predicted molar refractivity (Wildman–Crippen MR) is 138 cm³/mol. The molecule has 0 aromatic heterocycles. The Labute approximate surface area is 208 Å². The van der Waals surface area contributed by atoms with Crippen LogP contribution in [0.4, 0.5) is 0 Å². The number of aryl methyl sites for hydroxylation is 1. The first-order valence-corrected chi connectivity index (χ1v) is 12.1. The molecule has 0 saturated carbocycles. The minimum atomic E-state index is -0.699. The Morgan fingerprint density at radius 1 is 1.09 bits per heavy atom. The van der Waals surface area contributed by atoms with Gasteiger partial charge in [-0.15, -0.1) is 0 Å². The molecule has 1 N–H and O–H groups in total. The number of methoxy groups -OCH3 is 1. The number of aliphatic hydroxyl groups is 1. The van der Waals surface area contributed by atoms with Crippen molar-refractivity contribution in [2.24, 2.45) is 5.92 Å². The van der Waals surface area contributed by atoms with E-state index in [1.807, 2.05) is 37.3 Å². The molecule has 6 nitrogen and oxygen atoms in total. The number of ketones is 1. The third-order valence-corrected chi connectivity index (χ3v) is 6.21. The van der Waals surface area contributed by atoms with Gasteiger partial charge < -0.3 is 19.5 Å². The number of ether oxygens (including phenoxy) is 2. The summed E-state index contributed by atoms with van der Waals surface area (Å²) in [5.41, 5.74) is 3.23. The van der Waals surface area contributed by atoms with Crippen LogP contribution in [0.15, 0.2) is 48.0 Å². The van der Waals surface area contributed by atoms with E-state index < -0.39 is 17.7 Å². The summed E-state index contributed by atoms with van der Waals surface area (Å²) in [5.74, 6) is -0.425. The van der Waals surface area contributed by atoms with E-state index in [0.717, 1.165) is 16.7 Å². The predicted octanol–water partition coefficient (Wildman–Crippen LogP) is 5.40. The van der Waals surface area contributed by atoms with Crippen molar-refractivity contribution in [2.45, 2.75) is 53.0 Å². The molecule has 6 heteroatoms. The van der Waals surface area contributed by atoms with Crippen LogP contribution in [0, 0.1) is 12.8 Å². The molecule has 0 aliphatic carbocycles. The summed E-state index contributed by atoms with van der Waals surface area (Å²) in [6.07, 6.45) is 0. The summed E-state index contributed by atoms with van der Waals surface area (Å²) in [7, 11) is 1.55. The lowest BCUT2D eigenvalue weighted by Gasteiger charge is -2.26. The average molecular weight is 480 g/mol. The van der Waals surface area contributed by atoms with Crippen molar-refractivity contribution in [3.63, 3.8) is 0 Å². The fourth-order valence-electron chi connectivity index (χ4n) is 4.21. The maximum atomic E-state index is 13.2. The maximum absolute atomic E-state index is 13.2. The lowest BCUT2D eigenvalue weighted by Crippen LogP contribution is -2.32. The fraction of sp³-hybridized carbons (Fsp3) is 0.448. The van der Waals surface area contributed by atoms with Crippen molar-refractivity contribution in [2.75, 3.05) is 26.9 Å². The number of carbonyl (C=O) groups excluding carboxylic acids is 2. The molecule has 0 unspecified atom stereocenters. The average Bonchev–Trinajstić information content (AvgIpc) is 3.05. The number of aliphatic hydroxyl groups excluding tert-OH is 1. The number of Topliss-reactive ketones (excluding diaryl/α,β-unsaturated/α-hetero) is 1. The van der Waals surface area contributed by atoms with Crippen LogP contribution >= 0.6 is 0 Å². The van der Waals surface area contributed by atoms with E-state index in [1.54, 1.807) is 19.2 Å². The number of amides is 1. The minimum absolute atomic E-state index is 0.0348. The molecule has 35 heavy (non-hydrogen) atoms. The quantitative estimate of drug-likeness (QED) is 0.312. The van der Waals surface area contributed by atoms with E-state index in [9.17, 15) is 14.7 Å². The molecule has 1 aliphatic heterocycles. The molecule has 1 saturated heterocycles. The van der Waals surface area contributed by atoms with Gasteiger partial charge in [-0.25, -0.2) is 0 Å². The maximum Gasteiger partial charge on any atom is 0.295 e. The van der Waals surface area contributed by atoms with Crippen molar-refractivity contribution < 1.29 is 24.2 Å². The Morgan fingerprint density at radius 3 is 2.29 bits per heavy atom. The van der Waals surface area contributed by atoms with Gasteiger partial charge in [-0.3, -0.25) is 9.59 Å². The standard InChI is InChI=1S/C29H37NO5/c1-18(2)17-35-22-12-13-23(19(3)16-22)26(31)24-25(30(14-15-34-7)28(33)27(24)32)20-8-10-21(11-9-20)29(4,5)6/h8-13,16,18,25,31H,14-15,17H2,1-7H3/b26-24+/t25-/m0/s1. The molecule has 188 valence electrons. The second-order valence-corrected chi connectivity index (χ2v) is 10.5. The lowest BCUT2D eigenvalue weighted by atomic mass is 9.85. The Morgan fingerprint density at radius 2 is 1.74 bits per heavy atom. The molecular weight excluding hydrogens is 442 g/mol. The van der Waals surface area contributed by atoms with Gasteiger partial charge in [-0.05, 0) is 53.1 Å². The van der Waals surface area contributed by atoms with Crippen LogP contribution in [0.2, 0.25) is 0 Å². The Bertz CT molecular complexity index is 1110. The SMILES string of the molecule is COCCN1C(=O)C(=O)/C(=C(/O)c2ccc(OCC(C)C)cc2C)[C@@H]1c1ccc(C(C)(C)C)cc1. The summed E-state index contributed by atoms with van der Waals surface area (Å²) in [5, 5.41) is 11.4. The summed E-state index contributed by atoms with van der Waals surface area (Å²) in [6.45, 7) is 13.5. The number of carbonyl (C=O) groups is 2. The van der Waals surface area contributed by atoms with Gasteiger partial charge in [0.25, 0.3) is 11.7 Å². The van der Waals surface area contributed by atoms with E-state index >= 15 is 0 Å². The molecule has 1 aliphatic rings. The first kappa shape index (κ1) is 26.5. The molecule has 3 rings (SSSR count). The minimum Gasteiger partial charge on any atom is -0.507 e. The van der Waals surface area contributed by atoms with E-state index in [0.29, 0.717) is 23.8 Å². The van der Waals surface area contributed by atoms with Gasteiger partial charge in [0.1, 0.15) is 11.5 Å². The fourth-order valence-corrected chi connectivity index (χ4v) is 4.21. The third kappa shape index (κ3) is 5.76. The molecule has 1 amide bonds. The monoisotopic (exact) mass is 479 g/mol. The zero-order valence-corrected chi connectivity index (χ0v) is 21.8. The van der Waals surface area contributed by atoms with Crippen molar-refractivity contribution in [1.29, 1.82) is 0 Å². The van der Waals surface area contributed by atoms with Gasteiger partial charge in [0, 0.05) is 19.2 Å². The van der Waals surface area contributed by atoms with Crippen LogP contribution in [-0.4, -0.2) is 48.6 Å². The molecule has 0 radical (unpaired) electrons.